The van der Waals surface area contributed by atoms with Gasteiger partial charge in [0.25, 0.3) is 0 Å². The van der Waals surface area contributed by atoms with E-state index in [4.69, 9.17) is 9.84 Å². The summed E-state index contributed by atoms with van der Waals surface area (Å²) in [6.45, 7) is 1.73. The van der Waals surface area contributed by atoms with Gasteiger partial charge in [0.2, 0.25) is 0 Å². The Bertz CT molecular complexity index is 351. The molecule has 0 aromatic heterocycles. The molecule has 1 rings (SSSR count). The SMILES string of the molecule is COc1ccc(C(O)CNCC(C)(O)CO)cc1. The van der Waals surface area contributed by atoms with Crippen LogP contribution in [0.3, 0.4) is 0 Å². The van der Waals surface area contributed by atoms with Crippen molar-refractivity contribution in [1.82, 2.24) is 5.32 Å². The Morgan fingerprint density at radius 3 is 2.44 bits per heavy atom. The number of hydrogen-bond donors (Lipinski definition) is 4. The minimum absolute atomic E-state index is 0.219. The number of nitrogens with one attached hydrogen (secondary N) is 1. The Labute approximate surface area is 107 Å². The van der Waals surface area contributed by atoms with Gasteiger partial charge in [0.05, 0.1) is 25.4 Å². The Hall–Kier alpha value is -1.14. The predicted octanol–water partition coefficient (Wildman–Crippen LogP) is 0.0615. The Balaban J connectivity index is 2.42. The van der Waals surface area contributed by atoms with Crippen molar-refractivity contribution in [2.24, 2.45) is 0 Å². The summed E-state index contributed by atoms with van der Waals surface area (Å²) in [5.41, 5.74) is -0.397. The zero-order valence-corrected chi connectivity index (χ0v) is 10.8. The molecule has 102 valence electrons. The summed E-state index contributed by atoms with van der Waals surface area (Å²) in [4.78, 5) is 0. The summed E-state index contributed by atoms with van der Waals surface area (Å²) >= 11 is 0. The minimum atomic E-state index is -1.17. The van der Waals surface area contributed by atoms with E-state index < -0.39 is 11.7 Å². The van der Waals surface area contributed by atoms with Gasteiger partial charge in [-0.15, -0.1) is 0 Å². The quantitative estimate of drug-likeness (QED) is 0.554. The summed E-state index contributed by atoms with van der Waals surface area (Å²) < 4.78 is 5.03. The maximum absolute atomic E-state index is 9.91. The van der Waals surface area contributed by atoms with Crippen LogP contribution in [0.15, 0.2) is 24.3 Å². The largest absolute Gasteiger partial charge is 0.497 e. The molecule has 0 aliphatic carbocycles. The van der Waals surface area contributed by atoms with Crippen LogP contribution in [0.5, 0.6) is 5.75 Å². The van der Waals surface area contributed by atoms with Crippen LogP contribution in [0.25, 0.3) is 0 Å². The van der Waals surface area contributed by atoms with Crippen LogP contribution in [0.1, 0.15) is 18.6 Å². The maximum atomic E-state index is 9.91. The molecule has 0 fully saturated rings. The summed E-state index contributed by atoms with van der Waals surface area (Å²) in [6, 6.07) is 7.13. The molecule has 1 aromatic rings. The highest BCUT2D eigenvalue weighted by molar-refractivity contribution is 5.28. The molecule has 0 aliphatic rings. The van der Waals surface area contributed by atoms with Gasteiger partial charge in [-0.2, -0.15) is 0 Å². The fourth-order valence-corrected chi connectivity index (χ4v) is 1.48. The van der Waals surface area contributed by atoms with E-state index in [9.17, 15) is 10.2 Å². The second-order valence-electron chi connectivity index (χ2n) is 4.57. The molecular weight excluding hydrogens is 234 g/mol. The van der Waals surface area contributed by atoms with E-state index in [1.807, 2.05) is 0 Å². The van der Waals surface area contributed by atoms with Crippen molar-refractivity contribution in [3.63, 3.8) is 0 Å². The van der Waals surface area contributed by atoms with Crippen molar-refractivity contribution >= 4 is 0 Å². The lowest BCUT2D eigenvalue weighted by Gasteiger charge is -2.22. The molecule has 1 aromatic carbocycles. The van der Waals surface area contributed by atoms with Gasteiger partial charge in [0.1, 0.15) is 5.75 Å². The Morgan fingerprint density at radius 1 is 1.33 bits per heavy atom. The van der Waals surface area contributed by atoms with Crippen LogP contribution < -0.4 is 10.1 Å². The summed E-state index contributed by atoms with van der Waals surface area (Å²) in [6.07, 6.45) is -0.662. The third kappa shape index (κ3) is 4.62. The molecular formula is C13H21NO4. The van der Waals surface area contributed by atoms with Crippen LogP contribution >= 0.6 is 0 Å². The lowest BCUT2D eigenvalue weighted by molar-refractivity contribution is 0.000729. The van der Waals surface area contributed by atoms with E-state index in [1.165, 1.54) is 6.92 Å². The van der Waals surface area contributed by atoms with Crippen LogP contribution in [-0.4, -0.2) is 47.7 Å². The molecule has 4 N–H and O–H groups in total. The van der Waals surface area contributed by atoms with Crippen molar-refractivity contribution in [2.75, 3.05) is 26.8 Å². The van der Waals surface area contributed by atoms with Crippen molar-refractivity contribution in [3.8, 4) is 5.75 Å². The van der Waals surface area contributed by atoms with Crippen molar-refractivity contribution < 1.29 is 20.1 Å². The molecule has 0 aliphatic heterocycles. The zero-order valence-electron chi connectivity index (χ0n) is 10.8. The van der Waals surface area contributed by atoms with Crippen LogP contribution in [0.2, 0.25) is 0 Å². The summed E-state index contributed by atoms with van der Waals surface area (Å²) in [5, 5.41) is 31.3. The van der Waals surface area contributed by atoms with Crippen LogP contribution in [0.4, 0.5) is 0 Å². The molecule has 2 unspecified atom stereocenters. The van der Waals surface area contributed by atoms with Gasteiger partial charge >= 0.3 is 0 Å². The van der Waals surface area contributed by atoms with E-state index in [0.717, 1.165) is 11.3 Å². The minimum Gasteiger partial charge on any atom is -0.497 e. The fraction of sp³-hybridized carbons (Fsp3) is 0.538. The number of rotatable bonds is 7. The van der Waals surface area contributed by atoms with Gasteiger partial charge in [-0.05, 0) is 24.6 Å². The van der Waals surface area contributed by atoms with Gasteiger partial charge in [-0.1, -0.05) is 12.1 Å². The highest BCUT2D eigenvalue weighted by Gasteiger charge is 2.18. The fourth-order valence-electron chi connectivity index (χ4n) is 1.48. The zero-order chi connectivity index (χ0) is 13.6. The monoisotopic (exact) mass is 255 g/mol. The first-order valence-corrected chi connectivity index (χ1v) is 5.84. The first-order valence-electron chi connectivity index (χ1n) is 5.84. The Kier molecular flexibility index (Phi) is 5.55. The van der Waals surface area contributed by atoms with Gasteiger partial charge in [-0.25, -0.2) is 0 Å². The molecule has 0 radical (unpaired) electrons. The number of methoxy groups -OCH3 is 1. The van der Waals surface area contributed by atoms with Gasteiger partial charge in [0, 0.05) is 13.1 Å². The second-order valence-corrected chi connectivity index (χ2v) is 4.57. The number of ether oxygens (including phenoxy) is 1. The van der Waals surface area contributed by atoms with E-state index >= 15 is 0 Å². The Morgan fingerprint density at radius 2 is 1.94 bits per heavy atom. The average Bonchev–Trinajstić information content (AvgIpc) is 2.38. The number of aliphatic hydroxyl groups is 3. The smallest absolute Gasteiger partial charge is 0.118 e. The summed E-state index contributed by atoms with van der Waals surface area (Å²) in [5.74, 6) is 0.738. The second kappa shape index (κ2) is 6.70. The normalized spacial score (nSPS) is 16.1. The highest BCUT2D eigenvalue weighted by atomic mass is 16.5. The standard InChI is InChI=1S/C13H21NO4/c1-13(17,9-15)8-14-7-12(16)10-3-5-11(18-2)6-4-10/h3-6,12,14-17H,7-9H2,1-2H3. The third-order valence-electron chi connectivity index (χ3n) is 2.68. The van der Waals surface area contributed by atoms with E-state index in [2.05, 4.69) is 5.32 Å². The molecule has 2 atom stereocenters. The number of hydrogen-bond acceptors (Lipinski definition) is 5. The lowest BCUT2D eigenvalue weighted by Crippen LogP contribution is -2.42. The van der Waals surface area contributed by atoms with Gasteiger partial charge in [0.15, 0.2) is 0 Å². The molecule has 0 bridgehead atoms. The first kappa shape index (κ1) is 14.9. The van der Waals surface area contributed by atoms with Crippen LogP contribution in [0, 0.1) is 0 Å². The highest BCUT2D eigenvalue weighted by Crippen LogP contribution is 2.17. The number of aliphatic hydroxyl groups excluding tert-OH is 2. The van der Waals surface area contributed by atoms with Gasteiger partial charge < -0.3 is 25.4 Å². The van der Waals surface area contributed by atoms with E-state index in [0.29, 0.717) is 6.54 Å². The topological polar surface area (TPSA) is 82.0 Å². The molecule has 0 spiro atoms. The third-order valence-corrected chi connectivity index (χ3v) is 2.68. The van der Waals surface area contributed by atoms with E-state index in [-0.39, 0.29) is 13.2 Å². The van der Waals surface area contributed by atoms with Crippen molar-refractivity contribution in [3.05, 3.63) is 29.8 Å². The summed E-state index contributed by atoms with van der Waals surface area (Å²) in [7, 11) is 1.59. The molecule has 0 amide bonds. The molecule has 0 heterocycles. The first-order chi connectivity index (χ1) is 8.48. The molecule has 0 saturated carbocycles. The average molecular weight is 255 g/mol. The van der Waals surface area contributed by atoms with Crippen molar-refractivity contribution in [1.29, 1.82) is 0 Å². The molecule has 0 saturated heterocycles. The predicted molar refractivity (Wildman–Crippen MR) is 68.5 cm³/mol. The van der Waals surface area contributed by atoms with Gasteiger partial charge in [-0.3, -0.25) is 0 Å². The van der Waals surface area contributed by atoms with E-state index in [1.54, 1.807) is 31.4 Å². The molecule has 18 heavy (non-hydrogen) atoms. The van der Waals surface area contributed by atoms with Crippen LogP contribution in [-0.2, 0) is 0 Å². The number of benzene rings is 1. The maximum Gasteiger partial charge on any atom is 0.118 e. The molecule has 5 heteroatoms. The molecule has 5 nitrogen and oxygen atoms in total. The van der Waals surface area contributed by atoms with Crippen molar-refractivity contribution in [2.45, 2.75) is 18.6 Å². The lowest BCUT2D eigenvalue weighted by atomic mass is 10.1.